The van der Waals surface area contributed by atoms with Crippen LogP contribution in [0.2, 0.25) is 5.02 Å². The van der Waals surface area contributed by atoms with Crippen LogP contribution >= 0.6 is 27.5 Å². The maximum Gasteiger partial charge on any atom is 0.266 e. The van der Waals surface area contributed by atoms with Crippen molar-refractivity contribution in [3.8, 4) is 17.6 Å². The van der Waals surface area contributed by atoms with E-state index in [1.54, 1.807) is 36.4 Å². The molecule has 0 atom stereocenters. The summed E-state index contributed by atoms with van der Waals surface area (Å²) in [6.45, 7) is 2.40. The van der Waals surface area contributed by atoms with Gasteiger partial charge in [-0.2, -0.15) is 5.26 Å². The van der Waals surface area contributed by atoms with Gasteiger partial charge in [-0.15, -0.1) is 0 Å². The molecular formula is C25H20BrClN2O3. The van der Waals surface area contributed by atoms with Gasteiger partial charge >= 0.3 is 0 Å². The summed E-state index contributed by atoms with van der Waals surface area (Å²) in [5.41, 5.74) is 3.24. The van der Waals surface area contributed by atoms with Crippen molar-refractivity contribution in [2.24, 2.45) is 0 Å². The van der Waals surface area contributed by atoms with Crippen LogP contribution in [0.5, 0.6) is 11.5 Å². The zero-order valence-corrected chi connectivity index (χ0v) is 19.8. The molecule has 0 saturated carbocycles. The number of carbonyl (C=O) groups is 1. The highest BCUT2D eigenvalue weighted by Crippen LogP contribution is 2.38. The minimum absolute atomic E-state index is 0.0625. The monoisotopic (exact) mass is 510 g/mol. The van der Waals surface area contributed by atoms with E-state index in [1.807, 2.05) is 37.3 Å². The Morgan fingerprint density at radius 3 is 2.66 bits per heavy atom. The Labute approximate surface area is 200 Å². The molecule has 162 valence electrons. The van der Waals surface area contributed by atoms with E-state index in [1.165, 1.54) is 13.2 Å². The van der Waals surface area contributed by atoms with Crippen LogP contribution in [0.3, 0.4) is 0 Å². The third kappa shape index (κ3) is 5.91. The van der Waals surface area contributed by atoms with Gasteiger partial charge in [-0.05, 0) is 76.0 Å². The molecule has 1 N–H and O–H groups in total. The minimum atomic E-state index is -0.537. The van der Waals surface area contributed by atoms with Gasteiger partial charge in [0.05, 0.1) is 11.6 Å². The van der Waals surface area contributed by atoms with Crippen molar-refractivity contribution in [3.63, 3.8) is 0 Å². The molecular weight excluding hydrogens is 492 g/mol. The summed E-state index contributed by atoms with van der Waals surface area (Å²) in [7, 11) is 1.53. The van der Waals surface area contributed by atoms with E-state index in [0.29, 0.717) is 38.9 Å². The largest absolute Gasteiger partial charge is 0.493 e. The fourth-order valence-electron chi connectivity index (χ4n) is 2.97. The van der Waals surface area contributed by atoms with Crippen LogP contribution in [-0.2, 0) is 11.4 Å². The molecule has 0 fully saturated rings. The van der Waals surface area contributed by atoms with Gasteiger partial charge in [0.2, 0.25) is 0 Å². The first-order valence-electron chi connectivity index (χ1n) is 9.65. The van der Waals surface area contributed by atoms with Crippen LogP contribution in [0, 0.1) is 18.3 Å². The lowest BCUT2D eigenvalue weighted by Crippen LogP contribution is -2.13. The number of hydrogen-bond donors (Lipinski definition) is 1. The van der Waals surface area contributed by atoms with Gasteiger partial charge in [-0.3, -0.25) is 4.79 Å². The molecule has 0 aliphatic heterocycles. The number of methoxy groups -OCH3 is 1. The summed E-state index contributed by atoms with van der Waals surface area (Å²) in [5.74, 6) is 0.478. The molecule has 3 aromatic carbocycles. The van der Waals surface area contributed by atoms with Crippen molar-refractivity contribution in [2.75, 3.05) is 12.4 Å². The molecule has 3 aromatic rings. The Morgan fingerprint density at radius 1 is 1.19 bits per heavy atom. The summed E-state index contributed by atoms with van der Waals surface area (Å²) in [4.78, 5) is 12.5. The van der Waals surface area contributed by atoms with Gasteiger partial charge < -0.3 is 14.8 Å². The van der Waals surface area contributed by atoms with Crippen LogP contribution in [0.25, 0.3) is 6.08 Å². The number of ether oxygens (including phenoxy) is 2. The van der Waals surface area contributed by atoms with Crippen LogP contribution in [0.15, 0.2) is 70.7 Å². The van der Waals surface area contributed by atoms with Crippen molar-refractivity contribution in [2.45, 2.75) is 13.5 Å². The third-order valence-corrected chi connectivity index (χ3v) is 5.47. The van der Waals surface area contributed by atoms with Crippen LogP contribution in [0.1, 0.15) is 16.7 Å². The third-order valence-electron chi connectivity index (χ3n) is 4.64. The molecule has 0 aromatic heterocycles. The quantitative estimate of drug-likeness (QED) is 0.289. The summed E-state index contributed by atoms with van der Waals surface area (Å²) in [5, 5.41) is 12.7. The highest BCUT2D eigenvalue weighted by atomic mass is 79.9. The molecule has 0 unspecified atom stereocenters. The van der Waals surface area contributed by atoms with Crippen LogP contribution < -0.4 is 14.8 Å². The lowest BCUT2D eigenvalue weighted by molar-refractivity contribution is -0.112. The number of nitrogens with one attached hydrogen (secondary N) is 1. The molecule has 1 amide bonds. The summed E-state index contributed by atoms with van der Waals surface area (Å²) >= 11 is 9.46. The summed E-state index contributed by atoms with van der Waals surface area (Å²) in [6, 6.07) is 20.1. The van der Waals surface area contributed by atoms with Crippen LogP contribution in [-0.4, -0.2) is 13.0 Å². The number of benzene rings is 3. The maximum absolute atomic E-state index is 12.5. The molecule has 0 radical (unpaired) electrons. The first-order chi connectivity index (χ1) is 15.4. The second-order valence-electron chi connectivity index (χ2n) is 6.88. The fraction of sp³-hybridized carbons (Fsp3) is 0.120. The molecule has 0 aliphatic rings. The molecule has 0 bridgehead atoms. The van der Waals surface area contributed by atoms with Gasteiger partial charge in [0.25, 0.3) is 5.91 Å². The Morgan fingerprint density at radius 2 is 1.97 bits per heavy atom. The lowest BCUT2D eigenvalue weighted by atomic mass is 10.1. The van der Waals surface area contributed by atoms with E-state index in [0.717, 1.165) is 11.1 Å². The van der Waals surface area contributed by atoms with E-state index in [-0.39, 0.29) is 5.57 Å². The van der Waals surface area contributed by atoms with E-state index in [2.05, 4.69) is 21.2 Å². The number of rotatable bonds is 7. The molecule has 7 heteroatoms. The Balaban J connectivity index is 1.83. The van der Waals surface area contributed by atoms with E-state index in [4.69, 9.17) is 21.1 Å². The molecule has 0 spiro atoms. The Kier molecular flexibility index (Phi) is 7.93. The summed E-state index contributed by atoms with van der Waals surface area (Å²) in [6.07, 6.45) is 1.48. The van der Waals surface area contributed by atoms with Crippen molar-refractivity contribution >= 4 is 45.2 Å². The van der Waals surface area contributed by atoms with Crippen molar-refractivity contribution in [3.05, 3.63) is 92.4 Å². The maximum atomic E-state index is 12.5. The molecule has 5 nitrogen and oxygen atoms in total. The zero-order chi connectivity index (χ0) is 23.1. The fourth-order valence-corrected chi connectivity index (χ4v) is 3.73. The standard InChI is InChI=1S/C25H20BrClN2O3/c1-16-6-3-4-7-18(16)15-32-24-22(26)11-17(12-23(24)31-2)10-19(14-28)25(30)29-21-9-5-8-20(27)13-21/h3-13H,15H2,1-2H3,(H,29,30)/b19-10+. The second-order valence-corrected chi connectivity index (χ2v) is 8.17. The van der Waals surface area contributed by atoms with Gasteiger partial charge in [0.15, 0.2) is 11.5 Å². The van der Waals surface area contributed by atoms with E-state index >= 15 is 0 Å². The van der Waals surface area contributed by atoms with Crippen molar-refractivity contribution < 1.29 is 14.3 Å². The van der Waals surface area contributed by atoms with Gasteiger partial charge in [0.1, 0.15) is 18.2 Å². The normalized spacial score (nSPS) is 10.9. The predicted octanol–water partition coefficient (Wildman–Crippen LogP) is 6.54. The highest BCUT2D eigenvalue weighted by Gasteiger charge is 2.15. The van der Waals surface area contributed by atoms with Gasteiger partial charge in [-0.25, -0.2) is 0 Å². The highest BCUT2D eigenvalue weighted by molar-refractivity contribution is 9.10. The lowest BCUT2D eigenvalue weighted by Gasteiger charge is -2.14. The number of nitriles is 1. The Bertz CT molecular complexity index is 1220. The number of carbonyl (C=O) groups excluding carboxylic acids is 1. The number of hydrogen-bond acceptors (Lipinski definition) is 4. The van der Waals surface area contributed by atoms with Crippen molar-refractivity contribution in [1.82, 2.24) is 0 Å². The van der Waals surface area contributed by atoms with Gasteiger partial charge in [0, 0.05) is 10.7 Å². The number of anilines is 1. The summed E-state index contributed by atoms with van der Waals surface area (Å²) < 4.78 is 12.1. The molecule has 0 aliphatic carbocycles. The molecule has 0 saturated heterocycles. The first kappa shape index (κ1) is 23.4. The number of aryl methyl sites for hydroxylation is 1. The average molecular weight is 512 g/mol. The minimum Gasteiger partial charge on any atom is -0.493 e. The van der Waals surface area contributed by atoms with Gasteiger partial charge in [-0.1, -0.05) is 41.9 Å². The van der Waals surface area contributed by atoms with E-state index < -0.39 is 5.91 Å². The molecule has 0 heterocycles. The zero-order valence-electron chi connectivity index (χ0n) is 17.5. The smallest absolute Gasteiger partial charge is 0.266 e. The number of amides is 1. The molecule has 32 heavy (non-hydrogen) atoms. The second kappa shape index (κ2) is 10.9. The number of nitrogens with zero attached hydrogens (tertiary/aromatic N) is 1. The average Bonchev–Trinajstić information content (AvgIpc) is 2.77. The predicted molar refractivity (Wildman–Crippen MR) is 130 cm³/mol. The first-order valence-corrected chi connectivity index (χ1v) is 10.8. The SMILES string of the molecule is COc1cc(/C=C(\C#N)C(=O)Nc2cccc(Cl)c2)cc(Br)c1OCc1ccccc1C. The topological polar surface area (TPSA) is 71.3 Å². The molecule has 3 rings (SSSR count). The van der Waals surface area contributed by atoms with E-state index in [9.17, 15) is 10.1 Å². The number of halogens is 2. The van der Waals surface area contributed by atoms with Crippen LogP contribution in [0.4, 0.5) is 5.69 Å². The van der Waals surface area contributed by atoms with Crippen molar-refractivity contribution in [1.29, 1.82) is 5.26 Å². The Hall–Kier alpha value is -3.27.